The van der Waals surface area contributed by atoms with Crippen molar-refractivity contribution in [1.82, 2.24) is 9.97 Å². The van der Waals surface area contributed by atoms with Crippen molar-refractivity contribution < 1.29 is 14.3 Å². The van der Waals surface area contributed by atoms with Crippen LogP contribution in [0.5, 0.6) is 5.75 Å². The van der Waals surface area contributed by atoms with Crippen LogP contribution in [0.1, 0.15) is 16.1 Å². The molecule has 4 N–H and O–H groups in total. The second-order valence-corrected chi connectivity index (χ2v) is 4.40. The number of carbonyl (C=O) groups is 2. The quantitative estimate of drug-likeness (QED) is 0.791. The summed E-state index contributed by atoms with van der Waals surface area (Å²) in [4.78, 5) is 31.1. The Balaban J connectivity index is 2.10. The summed E-state index contributed by atoms with van der Waals surface area (Å²) in [6, 6.07) is 3.96. The molecule has 0 saturated carbocycles. The van der Waals surface area contributed by atoms with Gasteiger partial charge in [-0.25, -0.2) is 9.78 Å². The second kappa shape index (κ2) is 6.53. The lowest BCUT2D eigenvalue weighted by atomic mass is 10.2. The minimum atomic E-state index is -0.579. The number of aryl methyl sites for hydroxylation is 1. The van der Waals surface area contributed by atoms with Gasteiger partial charge in [-0.2, -0.15) is 0 Å². The molecule has 0 atom stereocenters. The number of nitrogens with zero attached hydrogens (tertiary/aromatic N) is 2. The molecule has 2 rings (SSSR count). The number of nitrogens with two attached hydrogens (primary N) is 1. The van der Waals surface area contributed by atoms with Gasteiger partial charge in [-0.05, 0) is 25.1 Å². The fraction of sp³-hybridized carbons (Fsp3) is 0.143. The largest absolute Gasteiger partial charge is 0.495 e. The number of benzene rings is 1. The summed E-state index contributed by atoms with van der Waals surface area (Å²) in [7, 11) is 1.43. The van der Waals surface area contributed by atoms with E-state index in [1.807, 2.05) is 0 Å². The average Bonchev–Trinajstić information content (AvgIpc) is 2.49. The lowest BCUT2D eigenvalue weighted by molar-refractivity contribution is 0.1000. The highest BCUT2D eigenvalue weighted by atomic mass is 16.5. The van der Waals surface area contributed by atoms with E-state index in [1.54, 1.807) is 6.92 Å². The predicted molar refractivity (Wildman–Crippen MR) is 80.9 cm³/mol. The van der Waals surface area contributed by atoms with Gasteiger partial charge in [0.2, 0.25) is 5.91 Å². The van der Waals surface area contributed by atoms with Gasteiger partial charge in [0.15, 0.2) is 5.82 Å². The van der Waals surface area contributed by atoms with E-state index in [2.05, 4.69) is 20.6 Å². The number of aromatic nitrogens is 2. The van der Waals surface area contributed by atoms with Gasteiger partial charge in [-0.15, -0.1) is 0 Å². The van der Waals surface area contributed by atoms with Gasteiger partial charge in [0.05, 0.1) is 30.9 Å². The molecule has 0 spiro atoms. The van der Waals surface area contributed by atoms with Crippen LogP contribution < -0.4 is 21.1 Å². The van der Waals surface area contributed by atoms with Gasteiger partial charge >= 0.3 is 6.03 Å². The minimum Gasteiger partial charge on any atom is -0.495 e. The van der Waals surface area contributed by atoms with Crippen LogP contribution >= 0.6 is 0 Å². The third-order valence-corrected chi connectivity index (χ3v) is 2.76. The smallest absolute Gasteiger partial charge is 0.324 e. The number of methoxy groups -OCH3 is 1. The molecule has 1 heterocycles. The topological polar surface area (TPSA) is 119 Å². The molecule has 0 aliphatic heterocycles. The summed E-state index contributed by atoms with van der Waals surface area (Å²) in [5.41, 5.74) is 6.62. The molecule has 0 aliphatic carbocycles. The number of rotatable bonds is 4. The van der Waals surface area contributed by atoms with Crippen molar-refractivity contribution in [2.24, 2.45) is 5.73 Å². The van der Waals surface area contributed by atoms with Crippen molar-refractivity contribution in [2.45, 2.75) is 6.92 Å². The number of amides is 3. The molecule has 1 aromatic heterocycles. The lowest BCUT2D eigenvalue weighted by Crippen LogP contribution is -2.21. The van der Waals surface area contributed by atoms with E-state index in [0.717, 1.165) is 5.69 Å². The maximum atomic E-state index is 11.9. The van der Waals surface area contributed by atoms with Crippen LogP contribution in [-0.4, -0.2) is 29.0 Å². The first-order chi connectivity index (χ1) is 10.5. The molecule has 0 unspecified atom stereocenters. The first-order valence-corrected chi connectivity index (χ1v) is 6.34. The molecular formula is C14H15N5O3. The van der Waals surface area contributed by atoms with E-state index in [0.29, 0.717) is 17.3 Å². The fourth-order valence-electron chi connectivity index (χ4n) is 1.67. The zero-order valence-electron chi connectivity index (χ0n) is 12.1. The van der Waals surface area contributed by atoms with Crippen LogP contribution in [0.4, 0.5) is 16.3 Å². The van der Waals surface area contributed by atoms with E-state index in [4.69, 9.17) is 10.5 Å². The van der Waals surface area contributed by atoms with E-state index in [9.17, 15) is 9.59 Å². The average molecular weight is 301 g/mol. The number of primary amides is 1. The molecule has 3 amide bonds. The highest BCUT2D eigenvalue weighted by Gasteiger charge is 2.11. The number of nitrogens with one attached hydrogen (secondary N) is 2. The van der Waals surface area contributed by atoms with Crippen LogP contribution in [0.25, 0.3) is 0 Å². The summed E-state index contributed by atoms with van der Waals surface area (Å²) in [5, 5.41) is 5.13. The molecule has 0 bridgehead atoms. The Morgan fingerprint density at radius 1 is 1.18 bits per heavy atom. The van der Waals surface area contributed by atoms with Crippen molar-refractivity contribution in [1.29, 1.82) is 0 Å². The number of anilines is 2. The first kappa shape index (κ1) is 15.2. The van der Waals surface area contributed by atoms with Crippen molar-refractivity contribution in [3.8, 4) is 5.75 Å². The lowest BCUT2D eigenvalue weighted by Gasteiger charge is -2.11. The third kappa shape index (κ3) is 3.69. The maximum absolute atomic E-state index is 11.9. The van der Waals surface area contributed by atoms with E-state index in [1.165, 1.54) is 37.7 Å². The van der Waals surface area contributed by atoms with Crippen LogP contribution in [0.3, 0.4) is 0 Å². The van der Waals surface area contributed by atoms with Crippen LogP contribution in [0.15, 0.2) is 30.6 Å². The van der Waals surface area contributed by atoms with Gasteiger partial charge in [-0.1, -0.05) is 0 Å². The van der Waals surface area contributed by atoms with Gasteiger partial charge in [-0.3, -0.25) is 15.1 Å². The first-order valence-electron chi connectivity index (χ1n) is 6.34. The van der Waals surface area contributed by atoms with Gasteiger partial charge in [0.1, 0.15) is 5.75 Å². The number of urea groups is 1. The summed E-state index contributed by atoms with van der Waals surface area (Å²) >= 11 is 0. The zero-order chi connectivity index (χ0) is 16.1. The van der Waals surface area contributed by atoms with Crippen molar-refractivity contribution in [3.63, 3.8) is 0 Å². The minimum absolute atomic E-state index is 0.284. The second-order valence-electron chi connectivity index (χ2n) is 4.40. The fourth-order valence-corrected chi connectivity index (χ4v) is 1.67. The van der Waals surface area contributed by atoms with Crippen molar-refractivity contribution in [2.75, 3.05) is 17.7 Å². The van der Waals surface area contributed by atoms with Crippen LogP contribution in [-0.2, 0) is 0 Å². The molecule has 114 valence electrons. The van der Waals surface area contributed by atoms with E-state index >= 15 is 0 Å². The van der Waals surface area contributed by atoms with Gasteiger partial charge in [0.25, 0.3) is 0 Å². The number of hydrogen-bond donors (Lipinski definition) is 3. The zero-order valence-corrected chi connectivity index (χ0v) is 12.1. The summed E-state index contributed by atoms with van der Waals surface area (Å²) in [6.45, 7) is 1.79. The van der Waals surface area contributed by atoms with E-state index in [-0.39, 0.29) is 5.56 Å². The molecule has 0 radical (unpaired) electrons. The Kier molecular flexibility index (Phi) is 4.52. The molecule has 0 aliphatic rings. The van der Waals surface area contributed by atoms with Crippen LogP contribution in [0, 0.1) is 6.92 Å². The molecule has 2 aromatic rings. The summed E-state index contributed by atoms with van der Waals surface area (Å²) in [5.74, 6) is 0.0569. The summed E-state index contributed by atoms with van der Waals surface area (Å²) in [6.07, 6.45) is 2.99. The SMILES string of the molecule is COc1cc(C(N)=O)ccc1NC(=O)Nc1cnc(C)cn1. The standard InChI is InChI=1S/C14H15N5O3/c1-8-6-17-12(7-16-8)19-14(21)18-10-4-3-9(13(15)20)5-11(10)22-2/h3-7H,1-2H3,(H2,15,20)(H2,17,18,19,21). The predicted octanol–water partition coefficient (Wildman–Crippen LogP) is 1.54. The molecule has 0 fully saturated rings. The normalized spacial score (nSPS) is 9.91. The van der Waals surface area contributed by atoms with Crippen LogP contribution in [0.2, 0.25) is 0 Å². The Bertz CT molecular complexity index is 700. The van der Waals surface area contributed by atoms with E-state index < -0.39 is 11.9 Å². The molecule has 1 aromatic carbocycles. The number of ether oxygens (including phenoxy) is 1. The van der Waals surface area contributed by atoms with Gasteiger partial charge in [0, 0.05) is 5.56 Å². The van der Waals surface area contributed by atoms with Crippen molar-refractivity contribution in [3.05, 3.63) is 41.9 Å². The highest BCUT2D eigenvalue weighted by Crippen LogP contribution is 2.25. The number of carbonyl (C=O) groups excluding carboxylic acids is 2. The highest BCUT2D eigenvalue weighted by molar-refractivity contribution is 6.01. The Labute approximate surface area is 126 Å². The molecular weight excluding hydrogens is 286 g/mol. The van der Waals surface area contributed by atoms with Gasteiger partial charge < -0.3 is 15.8 Å². The Morgan fingerprint density at radius 3 is 2.55 bits per heavy atom. The number of hydrogen-bond acceptors (Lipinski definition) is 5. The third-order valence-electron chi connectivity index (χ3n) is 2.76. The molecule has 8 heteroatoms. The maximum Gasteiger partial charge on any atom is 0.324 e. The Hall–Kier alpha value is -3.16. The molecule has 8 nitrogen and oxygen atoms in total. The monoisotopic (exact) mass is 301 g/mol. The molecule has 22 heavy (non-hydrogen) atoms. The summed E-state index contributed by atoms with van der Waals surface area (Å²) < 4.78 is 5.12. The van der Waals surface area contributed by atoms with Crippen molar-refractivity contribution >= 4 is 23.4 Å². The Morgan fingerprint density at radius 2 is 1.95 bits per heavy atom. The molecule has 0 saturated heterocycles.